The predicted octanol–water partition coefficient (Wildman–Crippen LogP) is 1.08. The Morgan fingerprint density at radius 1 is 1.71 bits per heavy atom. The fourth-order valence-corrected chi connectivity index (χ4v) is 0.770. The van der Waals surface area contributed by atoms with Gasteiger partial charge in [0.1, 0.15) is 11.5 Å². The first kappa shape index (κ1) is 4.75. The average Bonchev–Trinajstić information content (AvgIpc) is 1.27. The fraction of sp³-hybridized carbons (Fsp3) is 0.800. The van der Waals surface area contributed by atoms with E-state index in [1.807, 2.05) is 0 Å². The minimum absolute atomic E-state index is 0.0463. The van der Waals surface area contributed by atoms with Gasteiger partial charge in [-0.05, 0) is 6.92 Å². The summed E-state index contributed by atoms with van der Waals surface area (Å²) in [7, 11) is 0. The molecule has 0 aromatic heterocycles. The Labute approximate surface area is 41.5 Å². The summed E-state index contributed by atoms with van der Waals surface area (Å²) in [6.07, 6.45) is 0.264. The van der Waals surface area contributed by atoms with Gasteiger partial charge in [0.05, 0.1) is 0 Å². The van der Waals surface area contributed by atoms with Crippen molar-refractivity contribution in [2.45, 2.75) is 25.4 Å². The third-order valence-corrected chi connectivity index (χ3v) is 1.13. The maximum Gasteiger partial charge on any atom is 0.139 e. The largest absolute Gasteiger partial charge is 0.299 e. The Kier molecular flexibility index (Phi) is 0.716. The van der Waals surface area contributed by atoms with Crippen LogP contribution < -0.4 is 0 Å². The molecule has 1 saturated carbocycles. The van der Waals surface area contributed by atoms with E-state index in [1.54, 1.807) is 0 Å². The molecule has 2 heteroatoms. The monoisotopic (exact) mass is 102 g/mol. The number of hydrogen-bond acceptors (Lipinski definition) is 1. The van der Waals surface area contributed by atoms with E-state index in [9.17, 15) is 9.18 Å². The lowest BCUT2D eigenvalue weighted by atomic mass is 9.83. The van der Waals surface area contributed by atoms with E-state index in [2.05, 4.69) is 0 Å². The molecule has 0 heterocycles. The minimum atomic E-state index is -1.16. The number of carbonyl (C=O) groups is 1. The minimum Gasteiger partial charge on any atom is -0.299 e. The quantitative estimate of drug-likeness (QED) is 0.447. The highest BCUT2D eigenvalue weighted by molar-refractivity contribution is 5.86. The molecule has 40 valence electrons. The Balaban J connectivity index is 2.43. The summed E-state index contributed by atoms with van der Waals surface area (Å²) in [5.74, 6) is 0.0463. The Morgan fingerprint density at radius 3 is 2.14 bits per heavy atom. The van der Waals surface area contributed by atoms with E-state index >= 15 is 0 Å². The van der Waals surface area contributed by atoms with Crippen LogP contribution >= 0.6 is 0 Å². The van der Waals surface area contributed by atoms with Gasteiger partial charge in [0.15, 0.2) is 0 Å². The number of carbonyl (C=O) groups excluding carboxylic acids is 1. The lowest BCUT2D eigenvalue weighted by Crippen LogP contribution is -2.36. The zero-order valence-corrected chi connectivity index (χ0v) is 4.20. The van der Waals surface area contributed by atoms with Gasteiger partial charge in [0, 0.05) is 12.8 Å². The van der Waals surface area contributed by atoms with Gasteiger partial charge in [-0.25, -0.2) is 4.39 Å². The van der Waals surface area contributed by atoms with Crippen LogP contribution in [0.15, 0.2) is 0 Å². The van der Waals surface area contributed by atoms with Crippen LogP contribution in [0.3, 0.4) is 0 Å². The molecule has 0 radical (unpaired) electrons. The molecule has 1 aliphatic carbocycles. The first-order chi connectivity index (χ1) is 3.10. The summed E-state index contributed by atoms with van der Waals surface area (Å²) in [6, 6.07) is 0. The predicted molar refractivity (Wildman–Crippen MR) is 23.8 cm³/mol. The maximum atomic E-state index is 12.2. The van der Waals surface area contributed by atoms with Crippen molar-refractivity contribution in [1.29, 1.82) is 0 Å². The van der Waals surface area contributed by atoms with Crippen LogP contribution in [0.1, 0.15) is 19.8 Å². The molecule has 0 amide bonds. The third kappa shape index (κ3) is 0.787. The summed E-state index contributed by atoms with van der Waals surface area (Å²) in [6.45, 7) is 1.45. The van der Waals surface area contributed by atoms with Crippen molar-refractivity contribution in [2.24, 2.45) is 0 Å². The molecule has 1 aliphatic rings. The van der Waals surface area contributed by atoms with Crippen molar-refractivity contribution in [1.82, 2.24) is 0 Å². The Morgan fingerprint density at radius 2 is 2.14 bits per heavy atom. The average molecular weight is 102 g/mol. The van der Waals surface area contributed by atoms with E-state index in [0.717, 1.165) is 0 Å². The first-order valence-corrected chi connectivity index (χ1v) is 2.31. The normalized spacial score (nSPS) is 26.9. The summed E-state index contributed by atoms with van der Waals surface area (Å²) in [5.41, 5.74) is -1.16. The lowest BCUT2D eigenvalue weighted by molar-refractivity contribution is -0.132. The molecular formula is C5H7FO. The number of ketones is 1. The number of alkyl halides is 1. The van der Waals surface area contributed by atoms with E-state index in [-0.39, 0.29) is 18.6 Å². The van der Waals surface area contributed by atoms with Crippen LogP contribution in [-0.2, 0) is 4.79 Å². The van der Waals surface area contributed by atoms with Gasteiger partial charge >= 0.3 is 0 Å². The molecule has 7 heavy (non-hydrogen) atoms. The molecule has 0 atom stereocenters. The van der Waals surface area contributed by atoms with Crippen LogP contribution in [0.25, 0.3) is 0 Å². The maximum absolute atomic E-state index is 12.2. The van der Waals surface area contributed by atoms with Crippen molar-refractivity contribution < 1.29 is 9.18 Å². The van der Waals surface area contributed by atoms with Gasteiger partial charge in [-0.1, -0.05) is 0 Å². The summed E-state index contributed by atoms with van der Waals surface area (Å²) in [5, 5.41) is 0. The van der Waals surface area contributed by atoms with Gasteiger partial charge in [0.25, 0.3) is 0 Å². The zero-order valence-electron chi connectivity index (χ0n) is 4.20. The summed E-state index contributed by atoms with van der Waals surface area (Å²) < 4.78 is 12.2. The first-order valence-electron chi connectivity index (χ1n) is 2.31. The standard InChI is InChI=1S/C5H7FO/c1-5(6)2-4(7)3-5/h2-3H2,1H3. The number of hydrogen-bond donors (Lipinski definition) is 0. The van der Waals surface area contributed by atoms with Gasteiger partial charge in [-0.15, -0.1) is 0 Å². The van der Waals surface area contributed by atoms with Gasteiger partial charge in [-0.2, -0.15) is 0 Å². The highest BCUT2D eigenvalue weighted by Gasteiger charge is 2.38. The van der Waals surface area contributed by atoms with Gasteiger partial charge in [0.2, 0.25) is 0 Å². The highest BCUT2D eigenvalue weighted by atomic mass is 19.1. The van der Waals surface area contributed by atoms with E-state index in [0.29, 0.717) is 0 Å². The van der Waals surface area contributed by atoms with Crippen LogP contribution in [0, 0.1) is 0 Å². The van der Waals surface area contributed by atoms with Crippen molar-refractivity contribution in [3.8, 4) is 0 Å². The smallest absolute Gasteiger partial charge is 0.139 e. The highest BCUT2D eigenvalue weighted by Crippen LogP contribution is 2.31. The van der Waals surface area contributed by atoms with Crippen LogP contribution in [0.5, 0.6) is 0 Å². The molecule has 0 aromatic carbocycles. The van der Waals surface area contributed by atoms with Crippen molar-refractivity contribution in [2.75, 3.05) is 0 Å². The van der Waals surface area contributed by atoms with Crippen LogP contribution in [-0.4, -0.2) is 11.5 Å². The Hall–Kier alpha value is -0.400. The topological polar surface area (TPSA) is 17.1 Å². The lowest BCUT2D eigenvalue weighted by Gasteiger charge is -2.27. The van der Waals surface area contributed by atoms with Crippen LogP contribution in [0.4, 0.5) is 4.39 Å². The van der Waals surface area contributed by atoms with Gasteiger partial charge in [-0.3, -0.25) is 4.79 Å². The molecule has 0 aromatic rings. The second-order valence-corrected chi connectivity index (χ2v) is 2.31. The Bertz CT molecular complexity index is 96.6. The number of halogens is 1. The second kappa shape index (κ2) is 1.05. The zero-order chi connectivity index (χ0) is 5.49. The molecule has 0 spiro atoms. The van der Waals surface area contributed by atoms with Gasteiger partial charge < -0.3 is 0 Å². The number of Topliss-reactive ketones (excluding diaryl/α,β-unsaturated/α-hetero) is 1. The molecule has 0 aliphatic heterocycles. The molecule has 0 saturated heterocycles. The SMILES string of the molecule is CC1(F)CC(=O)C1. The van der Waals surface area contributed by atoms with Crippen molar-refractivity contribution >= 4 is 5.78 Å². The molecule has 0 bridgehead atoms. The molecular weight excluding hydrogens is 95.1 g/mol. The van der Waals surface area contributed by atoms with Crippen molar-refractivity contribution in [3.05, 3.63) is 0 Å². The summed E-state index contributed by atoms with van der Waals surface area (Å²) in [4.78, 5) is 10.1. The van der Waals surface area contributed by atoms with Crippen molar-refractivity contribution in [3.63, 3.8) is 0 Å². The van der Waals surface area contributed by atoms with E-state index in [1.165, 1.54) is 6.92 Å². The fourth-order valence-electron chi connectivity index (χ4n) is 0.770. The molecule has 0 N–H and O–H groups in total. The number of rotatable bonds is 0. The van der Waals surface area contributed by atoms with E-state index in [4.69, 9.17) is 0 Å². The van der Waals surface area contributed by atoms with E-state index < -0.39 is 5.67 Å². The summed E-state index contributed by atoms with van der Waals surface area (Å²) >= 11 is 0. The molecule has 1 fully saturated rings. The molecule has 1 rings (SSSR count). The van der Waals surface area contributed by atoms with Crippen LogP contribution in [0.2, 0.25) is 0 Å². The second-order valence-electron chi connectivity index (χ2n) is 2.31. The molecule has 1 nitrogen and oxygen atoms in total. The molecule has 0 unspecified atom stereocenters. The third-order valence-electron chi connectivity index (χ3n) is 1.13.